The van der Waals surface area contributed by atoms with Gasteiger partial charge in [-0.1, -0.05) is 6.07 Å². The zero-order valence-corrected chi connectivity index (χ0v) is 16.0. The molecular formula is C21H30N4O. The minimum Gasteiger partial charge on any atom is -0.493 e. The molecule has 140 valence electrons. The van der Waals surface area contributed by atoms with Gasteiger partial charge < -0.3 is 19.8 Å². The van der Waals surface area contributed by atoms with Gasteiger partial charge in [-0.15, -0.1) is 0 Å². The van der Waals surface area contributed by atoms with E-state index in [9.17, 15) is 5.11 Å². The maximum absolute atomic E-state index is 10.2. The molecule has 26 heavy (non-hydrogen) atoms. The van der Waals surface area contributed by atoms with E-state index in [0.717, 1.165) is 18.4 Å². The van der Waals surface area contributed by atoms with E-state index >= 15 is 0 Å². The van der Waals surface area contributed by atoms with Crippen molar-refractivity contribution in [3.63, 3.8) is 0 Å². The van der Waals surface area contributed by atoms with E-state index in [0.29, 0.717) is 6.04 Å². The highest BCUT2D eigenvalue weighted by Gasteiger charge is 2.29. The molecule has 4 rings (SSSR count). The summed E-state index contributed by atoms with van der Waals surface area (Å²) in [5.41, 5.74) is 2.55. The molecule has 2 aliphatic rings. The predicted octanol–water partition coefficient (Wildman–Crippen LogP) is 2.72. The fraction of sp³-hybridized carbons (Fsp3) is 0.571. The molecule has 0 aliphatic carbocycles. The molecule has 0 radical (unpaired) electrons. The zero-order valence-electron chi connectivity index (χ0n) is 16.0. The van der Waals surface area contributed by atoms with Gasteiger partial charge in [-0.25, -0.2) is 4.98 Å². The van der Waals surface area contributed by atoms with Crippen molar-refractivity contribution in [2.45, 2.75) is 31.7 Å². The van der Waals surface area contributed by atoms with Crippen molar-refractivity contribution < 1.29 is 5.11 Å². The van der Waals surface area contributed by atoms with Gasteiger partial charge in [-0.3, -0.25) is 0 Å². The van der Waals surface area contributed by atoms with Crippen molar-refractivity contribution in [1.82, 2.24) is 14.8 Å². The third kappa shape index (κ3) is 3.38. The first kappa shape index (κ1) is 17.6. The summed E-state index contributed by atoms with van der Waals surface area (Å²) < 4.78 is 0. The number of anilines is 1. The molecule has 1 aromatic heterocycles. The van der Waals surface area contributed by atoms with Crippen molar-refractivity contribution >= 4 is 16.5 Å². The van der Waals surface area contributed by atoms with E-state index in [1.54, 1.807) is 0 Å². The number of benzene rings is 1. The van der Waals surface area contributed by atoms with Gasteiger partial charge in [0.05, 0.1) is 0 Å². The molecule has 2 aromatic rings. The van der Waals surface area contributed by atoms with Crippen LogP contribution >= 0.6 is 0 Å². The topological polar surface area (TPSA) is 42.8 Å². The Balaban J connectivity index is 1.47. The smallest absolute Gasteiger partial charge is 0.218 e. The summed E-state index contributed by atoms with van der Waals surface area (Å²) in [5.74, 6) is 0.156. The molecule has 0 spiro atoms. The van der Waals surface area contributed by atoms with Crippen LogP contribution in [-0.2, 0) is 6.42 Å². The molecule has 3 heterocycles. The van der Waals surface area contributed by atoms with Gasteiger partial charge in [0.2, 0.25) is 5.88 Å². The Morgan fingerprint density at radius 3 is 2.77 bits per heavy atom. The Kier molecular flexibility index (Phi) is 5.00. The van der Waals surface area contributed by atoms with E-state index in [2.05, 4.69) is 45.9 Å². The number of rotatable bonds is 5. The lowest BCUT2D eigenvalue weighted by Crippen LogP contribution is -2.47. The first-order valence-electron chi connectivity index (χ1n) is 9.87. The summed E-state index contributed by atoms with van der Waals surface area (Å²) in [7, 11) is 4.29. The lowest BCUT2D eigenvalue weighted by atomic mass is 9.94. The molecule has 1 fully saturated rings. The summed E-state index contributed by atoms with van der Waals surface area (Å²) in [6.07, 6.45) is 6.57. The van der Waals surface area contributed by atoms with Crippen LogP contribution in [0.3, 0.4) is 0 Å². The molecule has 0 saturated carbocycles. The number of hydrogen-bond acceptors (Lipinski definition) is 5. The first-order valence-corrected chi connectivity index (χ1v) is 9.87. The summed E-state index contributed by atoms with van der Waals surface area (Å²) in [5, 5.41) is 12.3. The maximum Gasteiger partial charge on any atom is 0.218 e. The van der Waals surface area contributed by atoms with Gasteiger partial charge in [0.25, 0.3) is 0 Å². The van der Waals surface area contributed by atoms with Gasteiger partial charge in [-0.2, -0.15) is 0 Å². The van der Waals surface area contributed by atoms with Crippen molar-refractivity contribution in [2.75, 3.05) is 51.7 Å². The molecule has 1 aromatic carbocycles. The normalized spacial score (nSPS) is 18.8. The summed E-state index contributed by atoms with van der Waals surface area (Å²) in [4.78, 5) is 11.6. The lowest BCUT2D eigenvalue weighted by Gasteiger charge is -2.42. The number of aromatic nitrogens is 1. The SMILES string of the molecule is CN(C)CCCN1CCC(N2CCc3cnc(O)c4cccc2c34)CC1. The van der Waals surface area contributed by atoms with Crippen LogP contribution in [0.15, 0.2) is 24.4 Å². The minimum absolute atomic E-state index is 0.156. The summed E-state index contributed by atoms with van der Waals surface area (Å²) in [6.45, 7) is 5.83. The van der Waals surface area contributed by atoms with Crippen LogP contribution in [0.5, 0.6) is 5.88 Å². The monoisotopic (exact) mass is 354 g/mol. The van der Waals surface area contributed by atoms with Gasteiger partial charge in [-0.05, 0) is 70.6 Å². The molecule has 1 saturated heterocycles. The van der Waals surface area contributed by atoms with Crippen LogP contribution < -0.4 is 4.90 Å². The van der Waals surface area contributed by atoms with Crippen LogP contribution in [-0.4, -0.2) is 72.8 Å². The number of nitrogens with zero attached hydrogens (tertiary/aromatic N) is 4. The van der Waals surface area contributed by atoms with Crippen LogP contribution in [0.4, 0.5) is 5.69 Å². The Bertz CT molecular complexity index is 768. The summed E-state index contributed by atoms with van der Waals surface area (Å²) >= 11 is 0. The standard InChI is InChI=1S/C21H30N4O/c1-23(2)10-4-11-24-12-8-17(9-13-24)25-14-7-16-15-22-21(26)18-5-3-6-19(25)20(16)18/h3,5-6,15,17H,4,7-14H2,1-2H3,(H,22,26). The highest BCUT2D eigenvalue weighted by Crippen LogP contribution is 2.39. The second-order valence-electron chi connectivity index (χ2n) is 7.98. The molecule has 0 atom stereocenters. The quantitative estimate of drug-likeness (QED) is 0.894. The highest BCUT2D eigenvalue weighted by atomic mass is 16.3. The third-order valence-electron chi connectivity index (χ3n) is 5.96. The number of likely N-dealkylation sites (tertiary alicyclic amines) is 1. The highest BCUT2D eigenvalue weighted by molar-refractivity contribution is 6.00. The fourth-order valence-electron chi connectivity index (χ4n) is 4.57. The number of aromatic hydroxyl groups is 1. The molecule has 0 bridgehead atoms. The first-order chi connectivity index (χ1) is 12.6. The van der Waals surface area contributed by atoms with Crippen molar-refractivity contribution in [3.8, 4) is 5.88 Å². The Morgan fingerprint density at radius 2 is 2.00 bits per heavy atom. The van der Waals surface area contributed by atoms with E-state index in [-0.39, 0.29) is 5.88 Å². The number of pyridine rings is 1. The van der Waals surface area contributed by atoms with Gasteiger partial charge in [0, 0.05) is 48.3 Å². The molecule has 0 unspecified atom stereocenters. The Labute approximate surface area is 156 Å². The minimum atomic E-state index is 0.156. The molecule has 2 aliphatic heterocycles. The lowest BCUT2D eigenvalue weighted by molar-refractivity contribution is 0.199. The molecular weight excluding hydrogens is 324 g/mol. The van der Waals surface area contributed by atoms with E-state index in [1.807, 2.05) is 12.3 Å². The Hall–Kier alpha value is -1.85. The molecule has 5 heteroatoms. The van der Waals surface area contributed by atoms with Crippen LogP contribution in [0.1, 0.15) is 24.8 Å². The largest absolute Gasteiger partial charge is 0.493 e. The molecule has 5 nitrogen and oxygen atoms in total. The Morgan fingerprint density at radius 1 is 1.19 bits per heavy atom. The van der Waals surface area contributed by atoms with Crippen LogP contribution in [0.2, 0.25) is 0 Å². The van der Waals surface area contributed by atoms with Crippen molar-refractivity contribution in [1.29, 1.82) is 0 Å². The maximum atomic E-state index is 10.2. The predicted molar refractivity (Wildman–Crippen MR) is 107 cm³/mol. The zero-order chi connectivity index (χ0) is 18.1. The second kappa shape index (κ2) is 7.41. The van der Waals surface area contributed by atoms with Gasteiger partial charge >= 0.3 is 0 Å². The van der Waals surface area contributed by atoms with Gasteiger partial charge in [0.1, 0.15) is 0 Å². The fourth-order valence-corrected chi connectivity index (χ4v) is 4.57. The van der Waals surface area contributed by atoms with Crippen LogP contribution in [0.25, 0.3) is 10.8 Å². The molecule has 1 N–H and O–H groups in total. The van der Waals surface area contributed by atoms with Crippen molar-refractivity contribution in [3.05, 3.63) is 30.0 Å². The second-order valence-corrected chi connectivity index (χ2v) is 7.98. The van der Waals surface area contributed by atoms with E-state index in [1.165, 1.54) is 62.1 Å². The van der Waals surface area contributed by atoms with Crippen LogP contribution in [0, 0.1) is 0 Å². The van der Waals surface area contributed by atoms with Gasteiger partial charge in [0.15, 0.2) is 0 Å². The van der Waals surface area contributed by atoms with E-state index in [4.69, 9.17) is 0 Å². The summed E-state index contributed by atoms with van der Waals surface area (Å²) in [6, 6.07) is 6.86. The average Bonchev–Trinajstić information content (AvgIpc) is 2.65. The van der Waals surface area contributed by atoms with Crippen molar-refractivity contribution in [2.24, 2.45) is 0 Å². The number of hydrogen-bond donors (Lipinski definition) is 1. The average molecular weight is 354 g/mol. The number of piperidine rings is 1. The van der Waals surface area contributed by atoms with E-state index < -0.39 is 0 Å². The molecule has 0 amide bonds. The third-order valence-corrected chi connectivity index (χ3v) is 5.96.